The van der Waals surface area contributed by atoms with Crippen LogP contribution in [0.1, 0.15) is 65.2 Å². The summed E-state index contributed by atoms with van der Waals surface area (Å²) in [6.45, 7) is 4.39. The van der Waals surface area contributed by atoms with E-state index < -0.39 is 6.16 Å². The fourth-order valence-electron chi connectivity index (χ4n) is 1.25. The zero-order valence-corrected chi connectivity index (χ0v) is 10.4. The molecule has 4 heteroatoms. The number of hydrogen-bond acceptors (Lipinski definition) is 3. The number of carboxylic acid groups (broad SMARTS) is 1. The van der Waals surface area contributed by atoms with Crippen molar-refractivity contribution in [2.45, 2.75) is 65.2 Å². The van der Waals surface area contributed by atoms with Crippen LogP contribution in [-0.2, 0) is 9.53 Å². The lowest BCUT2D eigenvalue weighted by Crippen LogP contribution is -1.95. The first kappa shape index (κ1) is 17.3. The molecule has 0 rings (SSSR count). The average Bonchev–Trinajstić information content (AvgIpc) is 2.24. The van der Waals surface area contributed by atoms with Gasteiger partial charge < -0.3 is 9.84 Å². The first-order valence-electron chi connectivity index (χ1n) is 6.02. The van der Waals surface area contributed by atoms with Gasteiger partial charge in [0.15, 0.2) is 0 Å². The summed E-state index contributed by atoms with van der Waals surface area (Å²) in [7, 11) is 0. The lowest BCUT2D eigenvalue weighted by atomic mass is 10.1. The molecule has 1 N–H and O–H groups in total. The van der Waals surface area contributed by atoms with Gasteiger partial charge in [-0.25, -0.2) is 4.79 Å². The SMILES string of the molecule is CCCCCCCCCC.O=COC(=O)O. The molecule has 16 heavy (non-hydrogen) atoms. The summed E-state index contributed by atoms with van der Waals surface area (Å²) in [5.74, 6) is 0. The maximum Gasteiger partial charge on any atom is 0.513 e. The standard InChI is InChI=1S/C10H22.C2H2O4/c1-3-5-7-9-10-8-6-4-2;3-1-6-2(4)5/h3-10H2,1-2H3;1H,(H,4,5). The van der Waals surface area contributed by atoms with Gasteiger partial charge in [0.05, 0.1) is 0 Å². The molecule has 0 spiro atoms. The molecule has 0 unspecified atom stereocenters. The Kier molecular flexibility index (Phi) is 17.7. The van der Waals surface area contributed by atoms with Gasteiger partial charge >= 0.3 is 12.6 Å². The number of rotatable bonds is 8. The van der Waals surface area contributed by atoms with Gasteiger partial charge in [0, 0.05) is 0 Å². The number of unbranched alkanes of at least 4 members (excludes halogenated alkanes) is 7. The lowest BCUT2D eigenvalue weighted by molar-refractivity contribution is -0.124. The predicted molar refractivity (Wildman–Crippen MR) is 63.5 cm³/mol. The second kappa shape index (κ2) is 16.4. The number of hydrogen-bond donors (Lipinski definition) is 1. The molecule has 0 aromatic heterocycles. The highest BCUT2D eigenvalue weighted by Crippen LogP contribution is 2.07. The van der Waals surface area contributed by atoms with Crippen molar-refractivity contribution in [3.8, 4) is 0 Å². The maximum absolute atomic E-state index is 9.15. The van der Waals surface area contributed by atoms with Crippen LogP contribution in [0, 0.1) is 0 Å². The van der Waals surface area contributed by atoms with Gasteiger partial charge in [-0.1, -0.05) is 65.2 Å². The molecular weight excluding hydrogens is 208 g/mol. The molecule has 0 aromatic rings. The minimum Gasteiger partial charge on any atom is -0.449 e. The highest BCUT2D eigenvalue weighted by Gasteiger charge is 1.88. The summed E-state index contributed by atoms with van der Waals surface area (Å²) in [4.78, 5) is 18.2. The van der Waals surface area contributed by atoms with Crippen LogP contribution in [0.3, 0.4) is 0 Å². The first-order valence-corrected chi connectivity index (χ1v) is 6.02. The van der Waals surface area contributed by atoms with E-state index in [9.17, 15) is 0 Å². The van der Waals surface area contributed by atoms with E-state index in [0.717, 1.165) is 0 Å². The molecule has 0 fully saturated rings. The molecule has 0 aliphatic carbocycles. The molecule has 4 nitrogen and oxygen atoms in total. The van der Waals surface area contributed by atoms with Crippen molar-refractivity contribution in [3.05, 3.63) is 0 Å². The summed E-state index contributed by atoms with van der Waals surface area (Å²) >= 11 is 0. The molecule has 0 radical (unpaired) electrons. The third-order valence-corrected chi connectivity index (χ3v) is 2.11. The number of carbonyl (C=O) groups is 2. The molecule has 96 valence electrons. The Morgan fingerprint density at radius 1 is 1.00 bits per heavy atom. The van der Waals surface area contributed by atoms with Crippen LogP contribution in [0.4, 0.5) is 4.79 Å². The predicted octanol–water partition coefficient (Wildman–Crippen LogP) is 3.98. The third kappa shape index (κ3) is 23.1. The topological polar surface area (TPSA) is 63.6 Å². The Morgan fingerprint density at radius 3 is 1.56 bits per heavy atom. The fourth-order valence-corrected chi connectivity index (χ4v) is 1.25. The molecule has 0 amide bonds. The highest BCUT2D eigenvalue weighted by molar-refractivity contribution is 5.66. The molecule has 0 saturated heterocycles. The van der Waals surface area contributed by atoms with E-state index in [1.54, 1.807) is 0 Å². The Hall–Kier alpha value is -1.06. The van der Waals surface area contributed by atoms with E-state index in [2.05, 4.69) is 18.6 Å². The van der Waals surface area contributed by atoms with Crippen molar-refractivity contribution >= 4 is 12.6 Å². The molecule has 0 aromatic carbocycles. The van der Waals surface area contributed by atoms with Crippen LogP contribution in [0.2, 0.25) is 0 Å². The van der Waals surface area contributed by atoms with Crippen LogP contribution < -0.4 is 0 Å². The Morgan fingerprint density at radius 2 is 1.38 bits per heavy atom. The van der Waals surface area contributed by atoms with E-state index in [1.807, 2.05) is 0 Å². The average molecular weight is 232 g/mol. The van der Waals surface area contributed by atoms with E-state index in [1.165, 1.54) is 51.4 Å². The molecule has 0 saturated carbocycles. The van der Waals surface area contributed by atoms with Crippen LogP contribution in [-0.4, -0.2) is 17.7 Å². The van der Waals surface area contributed by atoms with Gasteiger partial charge in [0.2, 0.25) is 0 Å². The van der Waals surface area contributed by atoms with Gasteiger partial charge in [-0.05, 0) is 0 Å². The Labute approximate surface area is 98.0 Å². The molecule has 0 aliphatic heterocycles. The summed E-state index contributed by atoms with van der Waals surface area (Å²) in [5.41, 5.74) is 0. The minimum atomic E-state index is -1.58. The summed E-state index contributed by atoms with van der Waals surface area (Å²) in [6, 6.07) is 0. The molecule has 0 aliphatic rings. The van der Waals surface area contributed by atoms with Crippen molar-refractivity contribution < 1.29 is 19.4 Å². The Bertz CT molecular complexity index is 149. The van der Waals surface area contributed by atoms with E-state index >= 15 is 0 Å². The molecule has 0 atom stereocenters. The monoisotopic (exact) mass is 232 g/mol. The second-order valence-corrected chi connectivity index (χ2v) is 3.60. The summed E-state index contributed by atoms with van der Waals surface area (Å²) < 4.78 is 3.28. The van der Waals surface area contributed by atoms with Gasteiger partial charge in [-0.15, -0.1) is 0 Å². The van der Waals surface area contributed by atoms with Gasteiger partial charge in [0.1, 0.15) is 0 Å². The molecular formula is C12H24O4. The lowest BCUT2D eigenvalue weighted by Gasteiger charge is -1.97. The van der Waals surface area contributed by atoms with E-state index in [0.29, 0.717) is 0 Å². The fraction of sp³-hybridized carbons (Fsp3) is 0.833. The molecule has 0 bridgehead atoms. The minimum absolute atomic E-state index is 0.150. The van der Waals surface area contributed by atoms with Crippen molar-refractivity contribution in [2.75, 3.05) is 0 Å². The Balaban J connectivity index is 0. The van der Waals surface area contributed by atoms with Gasteiger partial charge in [0.25, 0.3) is 0 Å². The van der Waals surface area contributed by atoms with Gasteiger partial charge in [-0.2, -0.15) is 0 Å². The van der Waals surface area contributed by atoms with Crippen LogP contribution in [0.25, 0.3) is 0 Å². The van der Waals surface area contributed by atoms with E-state index in [4.69, 9.17) is 14.7 Å². The van der Waals surface area contributed by atoms with Crippen molar-refractivity contribution in [2.24, 2.45) is 0 Å². The van der Waals surface area contributed by atoms with Gasteiger partial charge in [-0.3, -0.25) is 4.79 Å². The zero-order valence-electron chi connectivity index (χ0n) is 10.4. The first-order chi connectivity index (χ1) is 7.68. The number of ether oxygens (including phenoxy) is 1. The van der Waals surface area contributed by atoms with Crippen LogP contribution in [0.5, 0.6) is 0 Å². The number of carbonyl (C=O) groups excluding carboxylic acids is 1. The quantitative estimate of drug-likeness (QED) is 0.297. The van der Waals surface area contributed by atoms with Crippen molar-refractivity contribution in [3.63, 3.8) is 0 Å². The largest absolute Gasteiger partial charge is 0.513 e. The third-order valence-electron chi connectivity index (χ3n) is 2.11. The maximum atomic E-state index is 9.15. The second-order valence-electron chi connectivity index (χ2n) is 3.60. The molecule has 0 heterocycles. The van der Waals surface area contributed by atoms with Crippen LogP contribution >= 0.6 is 0 Å². The summed E-state index contributed by atoms with van der Waals surface area (Å²) in [5, 5.41) is 7.46. The normalized spacial score (nSPS) is 8.88. The van der Waals surface area contributed by atoms with Crippen molar-refractivity contribution in [1.82, 2.24) is 0 Å². The smallest absolute Gasteiger partial charge is 0.449 e. The van der Waals surface area contributed by atoms with Crippen LogP contribution in [0.15, 0.2) is 0 Å². The zero-order chi connectivity index (χ0) is 12.6. The highest BCUT2D eigenvalue weighted by atomic mass is 16.7. The summed E-state index contributed by atoms with van der Waals surface area (Å²) in [6.07, 6.45) is 9.88. The van der Waals surface area contributed by atoms with E-state index in [-0.39, 0.29) is 6.47 Å². The van der Waals surface area contributed by atoms with Crippen molar-refractivity contribution in [1.29, 1.82) is 0 Å².